The Bertz CT molecular complexity index is 1370. The van der Waals surface area contributed by atoms with Gasteiger partial charge in [0.2, 0.25) is 0 Å². The monoisotopic (exact) mass is 571 g/mol. The second kappa shape index (κ2) is 9.86. The van der Waals surface area contributed by atoms with Crippen LogP contribution in [0.3, 0.4) is 0 Å². The van der Waals surface area contributed by atoms with Crippen molar-refractivity contribution in [3.8, 4) is 11.5 Å². The van der Waals surface area contributed by atoms with Crippen molar-refractivity contribution in [2.24, 2.45) is 0 Å². The highest BCUT2D eigenvalue weighted by Crippen LogP contribution is 2.48. The number of rotatable bonds is 6. The van der Waals surface area contributed by atoms with E-state index in [2.05, 4.69) is 21.2 Å². The van der Waals surface area contributed by atoms with Gasteiger partial charge in [-0.05, 0) is 78.4 Å². The summed E-state index contributed by atoms with van der Waals surface area (Å²) in [4.78, 5) is 26.3. The van der Waals surface area contributed by atoms with Gasteiger partial charge in [0, 0.05) is 41.3 Å². The normalized spacial score (nSPS) is 18.5. The fourth-order valence-corrected chi connectivity index (χ4v) is 6.79. The van der Waals surface area contributed by atoms with Gasteiger partial charge in [-0.2, -0.15) is 8.42 Å². The summed E-state index contributed by atoms with van der Waals surface area (Å²) in [5, 5.41) is 3.40. The van der Waals surface area contributed by atoms with Gasteiger partial charge in [-0.3, -0.25) is 9.59 Å². The molecule has 7 nitrogen and oxygen atoms in total. The molecule has 3 aliphatic rings. The molecule has 0 saturated carbocycles. The molecular weight excluding hydrogens is 546 g/mol. The van der Waals surface area contributed by atoms with Crippen molar-refractivity contribution in [3.63, 3.8) is 0 Å². The van der Waals surface area contributed by atoms with Gasteiger partial charge in [-0.25, -0.2) is 0 Å². The van der Waals surface area contributed by atoms with Crippen LogP contribution in [0.2, 0.25) is 0 Å². The van der Waals surface area contributed by atoms with Gasteiger partial charge in [0.05, 0.1) is 11.1 Å². The summed E-state index contributed by atoms with van der Waals surface area (Å²) in [5.41, 5.74) is 3.68. The summed E-state index contributed by atoms with van der Waals surface area (Å²) in [7, 11) is -4.12. The van der Waals surface area contributed by atoms with E-state index in [1.54, 1.807) is 37.3 Å². The van der Waals surface area contributed by atoms with Crippen LogP contribution in [0, 0.1) is 0 Å². The first kappa shape index (κ1) is 24.8. The molecule has 0 bridgehead atoms. The maximum atomic E-state index is 13.1. The topological polar surface area (TPSA) is 98.8 Å². The minimum atomic E-state index is -4.12. The quantitative estimate of drug-likeness (QED) is 0.468. The average molecular weight is 572 g/mol. The SMILES string of the molecule is CCOc1cc(C2C3=C(CCCC3=O)NC3=C2C(=O)CCC3)cc(Br)c1OS(=O)(=O)c1ccccc1. The lowest BCUT2D eigenvalue weighted by Gasteiger charge is -2.37. The maximum Gasteiger partial charge on any atom is 0.339 e. The zero-order valence-corrected chi connectivity index (χ0v) is 22.2. The van der Waals surface area contributed by atoms with Crippen LogP contribution < -0.4 is 14.2 Å². The van der Waals surface area contributed by atoms with Crippen LogP contribution in [0.1, 0.15) is 56.9 Å². The Labute approximate surface area is 218 Å². The lowest BCUT2D eigenvalue weighted by Crippen LogP contribution is -2.36. The molecule has 1 heterocycles. The summed E-state index contributed by atoms with van der Waals surface area (Å²) in [6.07, 6.45) is 3.91. The second-order valence-corrected chi connectivity index (χ2v) is 11.4. The Morgan fingerprint density at radius 2 is 1.56 bits per heavy atom. The molecule has 2 aliphatic carbocycles. The Kier molecular flexibility index (Phi) is 6.78. The molecule has 0 unspecified atom stereocenters. The Morgan fingerprint density at radius 1 is 0.944 bits per heavy atom. The molecule has 2 aromatic rings. The number of hydrogen-bond acceptors (Lipinski definition) is 7. The second-order valence-electron chi connectivity index (χ2n) is 9.01. The molecule has 0 radical (unpaired) electrons. The number of nitrogens with one attached hydrogen (secondary N) is 1. The van der Waals surface area contributed by atoms with E-state index >= 15 is 0 Å². The number of carbonyl (C=O) groups excluding carboxylic acids is 2. The average Bonchev–Trinajstić information content (AvgIpc) is 2.86. The van der Waals surface area contributed by atoms with E-state index in [0.717, 1.165) is 37.1 Å². The molecule has 0 spiro atoms. The number of ether oxygens (including phenoxy) is 1. The summed E-state index contributed by atoms with van der Waals surface area (Å²) in [6, 6.07) is 11.3. The molecule has 5 rings (SSSR count). The number of halogens is 1. The minimum Gasteiger partial charge on any atom is -0.490 e. The summed E-state index contributed by atoms with van der Waals surface area (Å²) < 4.78 is 37.6. The highest BCUT2D eigenvalue weighted by Gasteiger charge is 2.41. The predicted octanol–water partition coefficient (Wildman–Crippen LogP) is 5.32. The Hall–Kier alpha value is -2.91. The molecule has 0 atom stereocenters. The fraction of sp³-hybridized carbons (Fsp3) is 0.333. The van der Waals surface area contributed by atoms with Crippen molar-refractivity contribution in [2.75, 3.05) is 6.61 Å². The van der Waals surface area contributed by atoms with Gasteiger partial charge < -0.3 is 14.2 Å². The molecule has 1 aliphatic heterocycles. The number of benzene rings is 2. The van der Waals surface area contributed by atoms with Crippen LogP contribution in [0.4, 0.5) is 0 Å². The van der Waals surface area contributed by atoms with Crippen molar-refractivity contribution < 1.29 is 26.9 Å². The smallest absolute Gasteiger partial charge is 0.339 e. The van der Waals surface area contributed by atoms with Crippen molar-refractivity contribution >= 4 is 37.6 Å². The first-order chi connectivity index (χ1) is 17.3. The lowest BCUT2D eigenvalue weighted by atomic mass is 9.71. The summed E-state index contributed by atoms with van der Waals surface area (Å²) in [6.45, 7) is 2.06. The lowest BCUT2D eigenvalue weighted by molar-refractivity contribution is -0.117. The van der Waals surface area contributed by atoms with Crippen molar-refractivity contribution in [2.45, 2.75) is 56.3 Å². The van der Waals surface area contributed by atoms with Crippen LogP contribution >= 0.6 is 15.9 Å². The summed E-state index contributed by atoms with van der Waals surface area (Å²) in [5.74, 6) is -0.242. The molecular formula is C27H26BrNO6S. The van der Waals surface area contributed by atoms with Crippen LogP contribution in [0.25, 0.3) is 0 Å². The van der Waals surface area contributed by atoms with Crippen molar-refractivity contribution in [3.05, 3.63) is 75.0 Å². The summed E-state index contributed by atoms with van der Waals surface area (Å²) >= 11 is 3.48. The molecule has 0 fully saturated rings. The molecule has 0 saturated heterocycles. The molecule has 9 heteroatoms. The Balaban J connectivity index is 1.64. The number of carbonyl (C=O) groups is 2. The third kappa shape index (κ3) is 4.50. The first-order valence-corrected chi connectivity index (χ1v) is 14.3. The predicted molar refractivity (Wildman–Crippen MR) is 137 cm³/mol. The van der Waals surface area contributed by atoms with E-state index in [4.69, 9.17) is 8.92 Å². The third-order valence-corrected chi connectivity index (χ3v) is 8.51. The maximum absolute atomic E-state index is 13.1. The number of Topliss-reactive ketones (excluding diaryl/α,β-unsaturated/α-hetero) is 2. The number of dihydropyridines is 1. The zero-order chi connectivity index (χ0) is 25.4. The van der Waals surface area contributed by atoms with Gasteiger partial charge in [0.15, 0.2) is 23.1 Å². The molecule has 2 aromatic carbocycles. The molecule has 188 valence electrons. The molecule has 1 N–H and O–H groups in total. The van der Waals surface area contributed by atoms with Gasteiger partial charge in [0.25, 0.3) is 0 Å². The number of allylic oxidation sites excluding steroid dienone is 4. The van der Waals surface area contributed by atoms with Crippen molar-refractivity contribution in [1.29, 1.82) is 0 Å². The standard InChI is InChI=1S/C27H26BrNO6S/c1-2-34-23-15-16(14-18(28)27(23)35-36(32,33)17-8-4-3-5-9-17)24-25-19(10-6-12-21(25)30)29-20-11-7-13-22(31)26(20)24/h3-5,8-9,14-15,24,29H,2,6-7,10-13H2,1H3. The number of ketones is 2. The Morgan fingerprint density at radius 3 is 2.14 bits per heavy atom. The third-order valence-electron chi connectivity index (χ3n) is 6.68. The fourth-order valence-electron chi connectivity index (χ4n) is 5.16. The van der Waals surface area contributed by atoms with Gasteiger partial charge in [0.1, 0.15) is 4.90 Å². The zero-order valence-electron chi connectivity index (χ0n) is 19.8. The molecule has 36 heavy (non-hydrogen) atoms. The van der Waals surface area contributed by atoms with Crippen LogP contribution in [-0.4, -0.2) is 26.6 Å². The van der Waals surface area contributed by atoms with Crippen LogP contribution in [0.15, 0.2) is 74.4 Å². The van der Waals surface area contributed by atoms with Gasteiger partial charge >= 0.3 is 10.1 Å². The van der Waals surface area contributed by atoms with Gasteiger partial charge in [-0.1, -0.05) is 18.2 Å². The highest BCUT2D eigenvalue weighted by atomic mass is 79.9. The van der Waals surface area contributed by atoms with E-state index in [1.165, 1.54) is 12.1 Å². The minimum absolute atomic E-state index is 0.0201. The van der Waals surface area contributed by atoms with Crippen LogP contribution in [0.5, 0.6) is 11.5 Å². The van der Waals surface area contributed by atoms with E-state index < -0.39 is 16.0 Å². The largest absolute Gasteiger partial charge is 0.490 e. The van der Waals surface area contributed by atoms with E-state index in [9.17, 15) is 18.0 Å². The first-order valence-electron chi connectivity index (χ1n) is 12.1. The number of hydrogen-bond donors (Lipinski definition) is 1. The van der Waals surface area contributed by atoms with E-state index in [0.29, 0.717) is 34.0 Å². The molecule has 0 amide bonds. The van der Waals surface area contributed by atoms with E-state index in [-0.39, 0.29) is 34.6 Å². The van der Waals surface area contributed by atoms with Gasteiger partial charge in [-0.15, -0.1) is 0 Å². The molecule has 0 aromatic heterocycles. The van der Waals surface area contributed by atoms with E-state index in [1.807, 2.05) is 0 Å². The highest BCUT2D eigenvalue weighted by molar-refractivity contribution is 9.10. The van der Waals surface area contributed by atoms with Crippen molar-refractivity contribution in [1.82, 2.24) is 5.32 Å². The van der Waals surface area contributed by atoms with Crippen LogP contribution in [-0.2, 0) is 19.7 Å².